The van der Waals surface area contributed by atoms with Crippen molar-refractivity contribution >= 4 is 61.7 Å². The van der Waals surface area contributed by atoms with Crippen molar-refractivity contribution < 1.29 is 34.7 Å². The SMILES string of the molecule is [CH3][Sn]([CH3])[CH2]COc1cc(S(C)(=O)=O)ccc1NCC#Cc1cc2c(NC3CCS(=O)(=O)CC3)cccc2n1CC(F)(F)F. The molecule has 0 saturated carbocycles. The van der Waals surface area contributed by atoms with Crippen LogP contribution >= 0.6 is 0 Å². The second-order valence-corrected chi connectivity index (χ2v) is 23.6. The Bertz CT molecular complexity index is 1730. The number of fused-ring (bicyclic) bond motifs is 1. The molecular weight excluding hydrogens is 710 g/mol. The van der Waals surface area contributed by atoms with Crippen molar-refractivity contribution in [1.82, 2.24) is 4.57 Å². The minimum absolute atomic E-state index is 0.0728. The predicted molar refractivity (Wildman–Crippen MR) is 166 cm³/mol. The van der Waals surface area contributed by atoms with E-state index in [2.05, 4.69) is 32.4 Å². The number of benzene rings is 2. The smallest absolute Gasteiger partial charge is 0.169 e. The van der Waals surface area contributed by atoms with Crippen LogP contribution in [-0.2, 0) is 26.2 Å². The van der Waals surface area contributed by atoms with Crippen LogP contribution in [0.4, 0.5) is 24.5 Å². The monoisotopic (exact) mass is 746 g/mol. The van der Waals surface area contributed by atoms with Crippen molar-refractivity contribution in [3.05, 3.63) is 48.2 Å². The van der Waals surface area contributed by atoms with Crippen molar-refractivity contribution in [3.63, 3.8) is 0 Å². The quantitative estimate of drug-likeness (QED) is 0.218. The van der Waals surface area contributed by atoms with Gasteiger partial charge in [-0.05, 0) is 25.0 Å². The normalized spacial score (nSPS) is 15.7. The number of nitrogens with zero attached hydrogens (tertiary/aromatic N) is 1. The number of alkyl halides is 3. The molecule has 2 aromatic carbocycles. The molecule has 1 fully saturated rings. The minimum atomic E-state index is -4.48. The summed E-state index contributed by atoms with van der Waals surface area (Å²) >= 11 is -1.42. The van der Waals surface area contributed by atoms with Crippen molar-refractivity contribution in [1.29, 1.82) is 0 Å². The third-order valence-corrected chi connectivity index (χ3v) is 13.3. The summed E-state index contributed by atoms with van der Waals surface area (Å²) in [6.07, 6.45) is -2.50. The fourth-order valence-electron chi connectivity index (χ4n) is 4.76. The van der Waals surface area contributed by atoms with Gasteiger partial charge in [0.2, 0.25) is 0 Å². The van der Waals surface area contributed by atoms with Gasteiger partial charge >= 0.3 is 168 Å². The van der Waals surface area contributed by atoms with Crippen LogP contribution < -0.4 is 15.4 Å². The maximum absolute atomic E-state index is 13.6. The van der Waals surface area contributed by atoms with Gasteiger partial charge in [-0.15, -0.1) is 0 Å². The molecule has 1 saturated heterocycles. The van der Waals surface area contributed by atoms with E-state index >= 15 is 0 Å². The Morgan fingerprint density at radius 1 is 1.09 bits per heavy atom. The number of rotatable bonds is 10. The Hall–Kier alpha value is -2.57. The number of aromatic nitrogens is 1. The van der Waals surface area contributed by atoms with E-state index in [1.54, 1.807) is 30.3 Å². The summed E-state index contributed by atoms with van der Waals surface area (Å²) in [6.45, 7) is -0.670. The van der Waals surface area contributed by atoms with E-state index in [0.717, 1.165) is 15.3 Å². The molecule has 0 unspecified atom stereocenters. The molecule has 1 aliphatic heterocycles. The summed E-state index contributed by atoms with van der Waals surface area (Å²) in [7, 11) is -6.50. The molecule has 3 aromatic rings. The average molecular weight is 745 g/mol. The Kier molecular flexibility index (Phi) is 10.5. The molecule has 8 nitrogen and oxygen atoms in total. The second kappa shape index (κ2) is 13.6. The molecular formula is C29H35F3N3O5S2Sn. The summed E-state index contributed by atoms with van der Waals surface area (Å²) in [5, 5.41) is 7.00. The van der Waals surface area contributed by atoms with Crippen molar-refractivity contribution in [2.45, 2.75) is 50.8 Å². The second-order valence-electron chi connectivity index (χ2n) is 10.9. The number of sulfone groups is 2. The third kappa shape index (κ3) is 9.46. The summed E-state index contributed by atoms with van der Waals surface area (Å²) in [6, 6.07) is 11.1. The van der Waals surface area contributed by atoms with Gasteiger partial charge in [0.25, 0.3) is 0 Å². The van der Waals surface area contributed by atoms with Gasteiger partial charge in [-0.3, -0.25) is 0 Å². The molecule has 233 valence electrons. The topological polar surface area (TPSA) is 106 Å². The summed E-state index contributed by atoms with van der Waals surface area (Å²) in [5.41, 5.74) is 1.71. The molecule has 2 heterocycles. The first-order valence-electron chi connectivity index (χ1n) is 13.8. The minimum Gasteiger partial charge on any atom is -0.169 e. The molecule has 43 heavy (non-hydrogen) atoms. The summed E-state index contributed by atoms with van der Waals surface area (Å²) < 4.78 is 96.5. The van der Waals surface area contributed by atoms with Gasteiger partial charge in [-0.25, -0.2) is 8.42 Å². The molecule has 0 aliphatic carbocycles. The van der Waals surface area contributed by atoms with Gasteiger partial charge in [-0.2, -0.15) is 13.2 Å². The van der Waals surface area contributed by atoms with Gasteiger partial charge in [0.05, 0.1) is 11.5 Å². The number of ether oxygens (including phenoxy) is 1. The number of halogens is 3. The van der Waals surface area contributed by atoms with E-state index in [1.807, 2.05) is 0 Å². The fraction of sp³-hybridized carbons (Fsp3) is 0.448. The first kappa shape index (κ1) is 33.3. The van der Waals surface area contributed by atoms with Gasteiger partial charge < -0.3 is 5.32 Å². The number of nitrogens with one attached hydrogen (secondary N) is 2. The zero-order chi connectivity index (χ0) is 31.4. The molecule has 1 aromatic heterocycles. The fourth-order valence-corrected chi connectivity index (χ4v) is 8.34. The molecule has 1 aliphatic rings. The van der Waals surface area contributed by atoms with Crippen LogP contribution in [0.3, 0.4) is 0 Å². The first-order valence-corrected chi connectivity index (χ1v) is 25.2. The Labute approximate surface area is 257 Å². The van der Waals surface area contributed by atoms with E-state index in [0.29, 0.717) is 47.5 Å². The molecule has 0 bridgehead atoms. The zero-order valence-electron chi connectivity index (χ0n) is 24.2. The zero-order valence-corrected chi connectivity index (χ0v) is 28.7. The van der Waals surface area contributed by atoms with Crippen LogP contribution in [0.15, 0.2) is 47.4 Å². The average Bonchev–Trinajstić information content (AvgIpc) is 3.24. The van der Waals surface area contributed by atoms with Crippen LogP contribution in [0.1, 0.15) is 18.5 Å². The Balaban J connectivity index is 1.58. The van der Waals surface area contributed by atoms with Crippen LogP contribution in [0.2, 0.25) is 14.3 Å². The van der Waals surface area contributed by atoms with Gasteiger partial charge in [0.15, 0.2) is 0 Å². The van der Waals surface area contributed by atoms with Crippen molar-refractivity contribution in [2.75, 3.05) is 41.5 Å². The molecule has 0 atom stereocenters. The van der Waals surface area contributed by atoms with E-state index in [-0.39, 0.29) is 34.7 Å². The summed E-state index contributed by atoms with van der Waals surface area (Å²) in [5.74, 6) is 6.28. The van der Waals surface area contributed by atoms with Crippen molar-refractivity contribution in [3.8, 4) is 17.6 Å². The summed E-state index contributed by atoms with van der Waals surface area (Å²) in [4.78, 5) is 4.61. The number of hydrogen-bond donors (Lipinski definition) is 2. The van der Waals surface area contributed by atoms with Crippen LogP contribution in [0, 0.1) is 11.8 Å². The molecule has 1 radical (unpaired) electrons. The van der Waals surface area contributed by atoms with Crippen LogP contribution in [0.5, 0.6) is 5.75 Å². The van der Waals surface area contributed by atoms with E-state index in [1.165, 1.54) is 12.1 Å². The van der Waals surface area contributed by atoms with Gasteiger partial charge in [0.1, 0.15) is 9.84 Å². The Morgan fingerprint density at radius 3 is 2.47 bits per heavy atom. The van der Waals surface area contributed by atoms with Crippen LogP contribution in [-0.4, -0.2) is 84.3 Å². The molecule has 14 heteroatoms. The van der Waals surface area contributed by atoms with E-state index in [4.69, 9.17) is 4.74 Å². The van der Waals surface area contributed by atoms with E-state index < -0.39 is 52.2 Å². The van der Waals surface area contributed by atoms with E-state index in [9.17, 15) is 30.0 Å². The molecule has 4 rings (SSSR count). The molecule has 2 N–H and O–H groups in total. The Morgan fingerprint density at radius 2 is 1.81 bits per heavy atom. The molecule has 0 amide bonds. The third-order valence-electron chi connectivity index (χ3n) is 7.02. The van der Waals surface area contributed by atoms with Gasteiger partial charge in [0, 0.05) is 11.7 Å². The number of anilines is 2. The predicted octanol–water partition coefficient (Wildman–Crippen LogP) is 5.19. The molecule has 0 spiro atoms. The van der Waals surface area contributed by atoms with Gasteiger partial charge in [-0.1, -0.05) is 6.07 Å². The van der Waals surface area contributed by atoms with Crippen LogP contribution in [0.25, 0.3) is 10.9 Å². The first-order chi connectivity index (χ1) is 20.1. The maximum atomic E-state index is 13.6. The standard InChI is InChI=1S/C27H29F3N3O5S2.2CH3.Sn/c1-3-38-26-17-21(39(2,34)35)9-10-24(26)31-13-5-6-20-16-22-23(32-19-11-14-40(36,37)15-12-19)7-4-8-25(22)33(20)18-27(28,29)30;;;/h4,7-10,16-17,19,31-32H,1,3,11-15,18H2,2H3;2*1H3;. The van der Waals surface area contributed by atoms with Crippen molar-refractivity contribution in [2.24, 2.45) is 0 Å². The number of hydrogen-bond acceptors (Lipinski definition) is 7.